The van der Waals surface area contributed by atoms with E-state index in [-0.39, 0.29) is 5.41 Å². The quantitative estimate of drug-likeness (QED) is 0.767. The number of ether oxygens (including phenoxy) is 1. The standard InChI is InChI=1S/C17H22N2O/c1-5-10-20-16-9-7-6-8-15(16)19-13-18-12-14(19)11-17(2,3)4/h5-9,12-13H,1,10-11H2,2-4H3. The van der Waals surface area contributed by atoms with Gasteiger partial charge in [0, 0.05) is 11.9 Å². The van der Waals surface area contributed by atoms with Crippen LogP contribution in [0.15, 0.2) is 49.4 Å². The Labute approximate surface area is 120 Å². The lowest BCUT2D eigenvalue weighted by atomic mass is 9.91. The van der Waals surface area contributed by atoms with Crippen molar-refractivity contribution >= 4 is 0 Å². The van der Waals surface area contributed by atoms with E-state index in [1.165, 1.54) is 5.69 Å². The molecule has 0 unspecified atom stereocenters. The molecule has 0 amide bonds. The molecule has 3 nitrogen and oxygen atoms in total. The molecule has 0 spiro atoms. The van der Waals surface area contributed by atoms with Crippen LogP contribution in [0.3, 0.4) is 0 Å². The first-order valence-electron chi connectivity index (χ1n) is 6.85. The molecular weight excluding hydrogens is 248 g/mol. The predicted octanol–water partition coefficient (Wildman–Crippen LogP) is 4.03. The van der Waals surface area contributed by atoms with Crippen molar-refractivity contribution < 1.29 is 4.74 Å². The fraction of sp³-hybridized carbons (Fsp3) is 0.353. The first kappa shape index (κ1) is 14.4. The van der Waals surface area contributed by atoms with Crippen LogP contribution < -0.4 is 4.74 Å². The Morgan fingerprint density at radius 1 is 1.30 bits per heavy atom. The smallest absolute Gasteiger partial charge is 0.143 e. The van der Waals surface area contributed by atoms with E-state index in [2.05, 4.69) is 36.9 Å². The van der Waals surface area contributed by atoms with Crippen LogP contribution in [0.2, 0.25) is 0 Å². The Hall–Kier alpha value is -2.03. The summed E-state index contributed by atoms with van der Waals surface area (Å²) in [5.74, 6) is 0.848. The maximum absolute atomic E-state index is 5.73. The predicted molar refractivity (Wildman–Crippen MR) is 82.4 cm³/mol. The zero-order chi connectivity index (χ0) is 14.6. The number of hydrogen-bond donors (Lipinski definition) is 0. The monoisotopic (exact) mass is 270 g/mol. The zero-order valence-corrected chi connectivity index (χ0v) is 12.5. The van der Waals surface area contributed by atoms with Crippen LogP contribution in [0.1, 0.15) is 26.5 Å². The molecule has 0 aliphatic heterocycles. The molecule has 2 rings (SSSR count). The summed E-state index contributed by atoms with van der Waals surface area (Å²) >= 11 is 0. The van der Waals surface area contributed by atoms with E-state index < -0.39 is 0 Å². The van der Waals surface area contributed by atoms with Gasteiger partial charge in [0.25, 0.3) is 0 Å². The molecule has 1 heterocycles. The van der Waals surface area contributed by atoms with Crippen molar-refractivity contribution in [1.82, 2.24) is 9.55 Å². The minimum absolute atomic E-state index is 0.217. The molecular formula is C17H22N2O. The third kappa shape index (κ3) is 3.50. The fourth-order valence-electron chi connectivity index (χ4n) is 2.14. The lowest BCUT2D eigenvalue weighted by Crippen LogP contribution is -2.13. The minimum atomic E-state index is 0.217. The molecule has 0 bridgehead atoms. The summed E-state index contributed by atoms with van der Waals surface area (Å²) in [5.41, 5.74) is 2.42. The molecule has 1 aromatic carbocycles. The number of aromatic nitrogens is 2. The van der Waals surface area contributed by atoms with Gasteiger partial charge in [-0.1, -0.05) is 45.6 Å². The van der Waals surface area contributed by atoms with Gasteiger partial charge in [0.2, 0.25) is 0 Å². The van der Waals surface area contributed by atoms with Gasteiger partial charge in [0.05, 0.1) is 12.0 Å². The molecule has 0 saturated heterocycles. The maximum atomic E-state index is 5.73. The summed E-state index contributed by atoms with van der Waals surface area (Å²) in [6.45, 7) is 10.9. The van der Waals surface area contributed by atoms with Crippen LogP contribution in [0.5, 0.6) is 5.75 Å². The molecule has 0 N–H and O–H groups in total. The molecule has 0 fully saturated rings. The number of imidazole rings is 1. The average Bonchev–Trinajstić information content (AvgIpc) is 2.82. The van der Waals surface area contributed by atoms with E-state index in [1.54, 1.807) is 6.08 Å². The number of nitrogens with zero attached hydrogens (tertiary/aromatic N) is 2. The normalized spacial score (nSPS) is 11.3. The lowest BCUT2D eigenvalue weighted by Gasteiger charge is -2.20. The van der Waals surface area contributed by atoms with E-state index in [4.69, 9.17) is 4.74 Å². The van der Waals surface area contributed by atoms with Gasteiger partial charge in [-0.15, -0.1) is 0 Å². The molecule has 0 radical (unpaired) electrons. The number of para-hydroxylation sites is 2. The van der Waals surface area contributed by atoms with E-state index in [0.717, 1.165) is 17.9 Å². The van der Waals surface area contributed by atoms with Gasteiger partial charge in [-0.2, -0.15) is 0 Å². The van der Waals surface area contributed by atoms with Crippen LogP contribution in [0, 0.1) is 5.41 Å². The maximum Gasteiger partial charge on any atom is 0.143 e. The van der Waals surface area contributed by atoms with Gasteiger partial charge in [-0.25, -0.2) is 4.98 Å². The van der Waals surface area contributed by atoms with Gasteiger partial charge >= 0.3 is 0 Å². The summed E-state index contributed by atoms with van der Waals surface area (Å²) in [6.07, 6.45) is 6.48. The van der Waals surface area contributed by atoms with E-state index in [1.807, 2.05) is 36.8 Å². The van der Waals surface area contributed by atoms with Crippen molar-refractivity contribution in [2.24, 2.45) is 5.41 Å². The van der Waals surface area contributed by atoms with Crippen LogP contribution in [0.4, 0.5) is 0 Å². The highest BCUT2D eigenvalue weighted by Crippen LogP contribution is 2.27. The average molecular weight is 270 g/mol. The number of rotatable bonds is 5. The molecule has 0 aliphatic carbocycles. The Balaban J connectivity index is 2.37. The van der Waals surface area contributed by atoms with Crippen molar-refractivity contribution in [3.8, 4) is 11.4 Å². The number of benzene rings is 1. The van der Waals surface area contributed by atoms with Crippen molar-refractivity contribution in [3.05, 3.63) is 55.1 Å². The second kappa shape index (κ2) is 5.95. The Morgan fingerprint density at radius 2 is 2.05 bits per heavy atom. The van der Waals surface area contributed by atoms with E-state index in [9.17, 15) is 0 Å². The second-order valence-electron chi connectivity index (χ2n) is 6.06. The third-order valence-electron chi connectivity index (χ3n) is 2.91. The van der Waals surface area contributed by atoms with Crippen LogP contribution in [0.25, 0.3) is 5.69 Å². The summed E-state index contributed by atoms with van der Waals surface area (Å²) in [5, 5.41) is 0. The highest BCUT2D eigenvalue weighted by molar-refractivity contribution is 5.47. The largest absolute Gasteiger partial charge is 0.487 e. The molecule has 3 heteroatoms. The SMILES string of the molecule is C=CCOc1ccccc1-n1cncc1CC(C)(C)C. The molecule has 20 heavy (non-hydrogen) atoms. The van der Waals surface area contributed by atoms with Crippen molar-refractivity contribution in [1.29, 1.82) is 0 Å². The highest BCUT2D eigenvalue weighted by atomic mass is 16.5. The topological polar surface area (TPSA) is 27.1 Å². The zero-order valence-electron chi connectivity index (χ0n) is 12.5. The first-order chi connectivity index (χ1) is 9.51. The van der Waals surface area contributed by atoms with E-state index in [0.29, 0.717) is 6.61 Å². The summed E-state index contributed by atoms with van der Waals surface area (Å²) in [6, 6.07) is 8.01. The van der Waals surface area contributed by atoms with Gasteiger partial charge in [0.15, 0.2) is 0 Å². The highest BCUT2D eigenvalue weighted by Gasteiger charge is 2.16. The summed E-state index contributed by atoms with van der Waals surface area (Å²) < 4.78 is 7.83. The summed E-state index contributed by atoms with van der Waals surface area (Å²) in [7, 11) is 0. The van der Waals surface area contributed by atoms with Crippen LogP contribution in [-0.4, -0.2) is 16.2 Å². The lowest BCUT2D eigenvalue weighted by molar-refractivity contribution is 0.360. The third-order valence-corrected chi connectivity index (χ3v) is 2.91. The van der Waals surface area contributed by atoms with Crippen molar-refractivity contribution in [3.63, 3.8) is 0 Å². The van der Waals surface area contributed by atoms with Crippen molar-refractivity contribution in [2.45, 2.75) is 27.2 Å². The molecule has 1 aromatic heterocycles. The molecule has 0 aliphatic rings. The van der Waals surface area contributed by atoms with Crippen LogP contribution >= 0.6 is 0 Å². The first-order valence-corrected chi connectivity index (χ1v) is 6.85. The Morgan fingerprint density at radius 3 is 2.75 bits per heavy atom. The van der Waals surface area contributed by atoms with Crippen LogP contribution in [-0.2, 0) is 6.42 Å². The Bertz CT molecular complexity index is 579. The molecule has 0 saturated carbocycles. The van der Waals surface area contributed by atoms with Gasteiger partial charge in [-0.05, 0) is 24.0 Å². The van der Waals surface area contributed by atoms with Gasteiger partial charge < -0.3 is 4.74 Å². The molecule has 2 aromatic rings. The van der Waals surface area contributed by atoms with Gasteiger partial charge in [0.1, 0.15) is 12.4 Å². The number of hydrogen-bond acceptors (Lipinski definition) is 2. The fourth-order valence-corrected chi connectivity index (χ4v) is 2.14. The van der Waals surface area contributed by atoms with Crippen molar-refractivity contribution in [2.75, 3.05) is 6.61 Å². The summed E-state index contributed by atoms with van der Waals surface area (Å²) in [4.78, 5) is 4.29. The van der Waals surface area contributed by atoms with Gasteiger partial charge in [-0.3, -0.25) is 4.57 Å². The van der Waals surface area contributed by atoms with E-state index >= 15 is 0 Å². The molecule has 0 atom stereocenters. The Kier molecular flexibility index (Phi) is 4.28. The molecule has 106 valence electrons. The minimum Gasteiger partial charge on any atom is -0.487 e. The second-order valence-corrected chi connectivity index (χ2v) is 6.06.